The molecule has 0 aromatic heterocycles. The molecule has 0 fully saturated rings. The van der Waals surface area contributed by atoms with Gasteiger partial charge in [0.1, 0.15) is 5.75 Å². The Balaban J connectivity index is 2.26. The predicted octanol–water partition coefficient (Wildman–Crippen LogP) is 1.08. The van der Waals surface area contributed by atoms with E-state index in [0.717, 1.165) is 0 Å². The van der Waals surface area contributed by atoms with Crippen LogP contribution in [-0.4, -0.2) is 25.6 Å². The van der Waals surface area contributed by atoms with Crippen LogP contribution in [0.3, 0.4) is 0 Å². The first-order chi connectivity index (χ1) is 8.11. The quantitative estimate of drug-likeness (QED) is 0.777. The van der Waals surface area contributed by atoms with Crippen molar-refractivity contribution in [1.82, 2.24) is 5.32 Å². The number of ether oxygens (including phenoxy) is 1. The second-order valence-electron chi connectivity index (χ2n) is 4.25. The van der Waals surface area contributed by atoms with Crippen LogP contribution >= 0.6 is 0 Å². The van der Waals surface area contributed by atoms with E-state index in [4.69, 9.17) is 10.5 Å². The summed E-state index contributed by atoms with van der Waals surface area (Å²) in [5.41, 5.74) is 6.62. The molecule has 0 radical (unpaired) electrons. The van der Waals surface area contributed by atoms with E-state index in [-0.39, 0.29) is 12.5 Å². The van der Waals surface area contributed by atoms with Gasteiger partial charge in [0.05, 0.1) is 0 Å². The van der Waals surface area contributed by atoms with E-state index < -0.39 is 0 Å². The molecule has 0 aliphatic heterocycles. The van der Waals surface area contributed by atoms with Crippen LogP contribution in [0.2, 0.25) is 0 Å². The van der Waals surface area contributed by atoms with Crippen molar-refractivity contribution in [3.05, 3.63) is 29.8 Å². The molecule has 1 amide bonds. The van der Waals surface area contributed by atoms with Crippen molar-refractivity contribution in [2.75, 3.05) is 19.7 Å². The highest BCUT2D eigenvalue weighted by molar-refractivity contribution is 5.77. The molecule has 0 heterocycles. The zero-order valence-corrected chi connectivity index (χ0v) is 10.4. The lowest BCUT2D eigenvalue weighted by atomic mass is 10.2. The summed E-state index contributed by atoms with van der Waals surface area (Å²) >= 11 is 0. The van der Waals surface area contributed by atoms with Crippen molar-refractivity contribution in [3.63, 3.8) is 0 Å². The molecule has 1 rings (SSSR count). The SMILES string of the molecule is Cc1ccc(OCC(=O)NCC(C)CN)cc1. The first-order valence-corrected chi connectivity index (χ1v) is 5.78. The van der Waals surface area contributed by atoms with Gasteiger partial charge < -0.3 is 15.8 Å². The summed E-state index contributed by atoms with van der Waals surface area (Å²) in [6.45, 7) is 5.19. The van der Waals surface area contributed by atoms with Gasteiger partial charge in [0, 0.05) is 6.54 Å². The van der Waals surface area contributed by atoms with Gasteiger partial charge in [0.2, 0.25) is 0 Å². The van der Waals surface area contributed by atoms with E-state index in [2.05, 4.69) is 5.32 Å². The Morgan fingerprint density at radius 3 is 2.65 bits per heavy atom. The molecule has 1 unspecified atom stereocenters. The third kappa shape index (κ3) is 5.36. The molecule has 1 aromatic carbocycles. The van der Waals surface area contributed by atoms with Crippen LogP contribution in [0.25, 0.3) is 0 Å². The number of hydrogen-bond donors (Lipinski definition) is 2. The predicted molar refractivity (Wildman–Crippen MR) is 67.9 cm³/mol. The molecule has 0 saturated carbocycles. The lowest BCUT2D eigenvalue weighted by Crippen LogP contribution is -2.34. The second kappa shape index (κ2) is 6.91. The number of amides is 1. The first-order valence-electron chi connectivity index (χ1n) is 5.78. The summed E-state index contributed by atoms with van der Waals surface area (Å²) in [5, 5.41) is 2.77. The zero-order chi connectivity index (χ0) is 12.7. The minimum absolute atomic E-state index is 0.0420. The average Bonchev–Trinajstić information content (AvgIpc) is 2.35. The first kappa shape index (κ1) is 13.5. The summed E-state index contributed by atoms with van der Waals surface area (Å²) in [5.74, 6) is 0.877. The highest BCUT2D eigenvalue weighted by atomic mass is 16.5. The van der Waals surface area contributed by atoms with Crippen LogP contribution in [0.4, 0.5) is 0 Å². The normalized spacial score (nSPS) is 11.9. The maximum Gasteiger partial charge on any atom is 0.257 e. The molecule has 1 atom stereocenters. The van der Waals surface area contributed by atoms with E-state index in [9.17, 15) is 4.79 Å². The molecular weight excluding hydrogens is 216 g/mol. The van der Waals surface area contributed by atoms with Crippen LogP contribution in [-0.2, 0) is 4.79 Å². The van der Waals surface area contributed by atoms with Crippen molar-refractivity contribution in [2.45, 2.75) is 13.8 Å². The van der Waals surface area contributed by atoms with E-state index in [1.54, 1.807) is 0 Å². The van der Waals surface area contributed by atoms with Crippen LogP contribution in [0.5, 0.6) is 5.75 Å². The summed E-state index contributed by atoms with van der Waals surface area (Å²) < 4.78 is 5.35. The van der Waals surface area contributed by atoms with Gasteiger partial charge in [-0.05, 0) is 31.5 Å². The standard InChI is InChI=1S/C13H20N2O2/c1-10-3-5-12(6-4-10)17-9-13(16)15-8-11(2)7-14/h3-6,11H,7-9,14H2,1-2H3,(H,15,16). The number of nitrogens with two attached hydrogens (primary N) is 1. The topological polar surface area (TPSA) is 64.3 Å². The maximum atomic E-state index is 11.4. The van der Waals surface area contributed by atoms with Gasteiger partial charge >= 0.3 is 0 Å². The van der Waals surface area contributed by atoms with Crippen LogP contribution < -0.4 is 15.8 Å². The number of nitrogens with one attached hydrogen (secondary N) is 1. The maximum absolute atomic E-state index is 11.4. The Bertz CT molecular complexity index is 349. The minimum atomic E-state index is -0.120. The molecule has 3 N–H and O–H groups in total. The largest absolute Gasteiger partial charge is 0.484 e. The van der Waals surface area contributed by atoms with Crippen molar-refractivity contribution in [3.8, 4) is 5.75 Å². The third-order valence-electron chi connectivity index (χ3n) is 2.44. The van der Waals surface area contributed by atoms with Gasteiger partial charge in [-0.25, -0.2) is 0 Å². The Labute approximate surface area is 102 Å². The van der Waals surface area contributed by atoms with Gasteiger partial charge in [-0.2, -0.15) is 0 Å². The van der Waals surface area contributed by atoms with Crippen molar-refractivity contribution >= 4 is 5.91 Å². The molecule has 4 nitrogen and oxygen atoms in total. The Kier molecular flexibility index (Phi) is 5.49. The number of benzene rings is 1. The number of carbonyl (C=O) groups is 1. The van der Waals surface area contributed by atoms with Crippen LogP contribution in [0, 0.1) is 12.8 Å². The van der Waals surface area contributed by atoms with Crippen molar-refractivity contribution in [1.29, 1.82) is 0 Å². The Morgan fingerprint density at radius 2 is 2.06 bits per heavy atom. The van der Waals surface area contributed by atoms with Gasteiger partial charge in [-0.3, -0.25) is 4.79 Å². The van der Waals surface area contributed by atoms with Crippen molar-refractivity contribution < 1.29 is 9.53 Å². The molecule has 0 bridgehead atoms. The Morgan fingerprint density at radius 1 is 1.41 bits per heavy atom. The lowest BCUT2D eigenvalue weighted by Gasteiger charge is -2.10. The molecule has 0 aliphatic carbocycles. The van der Waals surface area contributed by atoms with Crippen molar-refractivity contribution in [2.24, 2.45) is 11.7 Å². The van der Waals surface area contributed by atoms with Crippen LogP contribution in [0.15, 0.2) is 24.3 Å². The molecule has 0 spiro atoms. The Hall–Kier alpha value is -1.55. The smallest absolute Gasteiger partial charge is 0.257 e. The number of carbonyl (C=O) groups excluding carboxylic acids is 1. The molecular formula is C13H20N2O2. The van der Waals surface area contributed by atoms with Gasteiger partial charge in [0.25, 0.3) is 5.91 Å². The van der Waals surface area contributed by atoms with E-state index in [0.29, 0.717) is 24.8 Å². The van der Waals surface area contributed by atoms with Gasteiger partial charge in [-0.1, -0.05) is 24.6 Å². The second-order valence-corrected chi connectivity index (χ2v) is 4.25. The van der Waals surface area contributed by atoms with E-state index >= 15 is 0 Å². The third-order valence-corrected chi connectivity index (χ3v) is 2.44. The lowest BCUT2D eigenvalue weighted by molar-refractivity contribution is -0.123. The van der Waals surface area contributed by atoms with Gasteiger partial charge in [-0.15, -0.1) is 0 Å². The molecule has 0 saturated heterocycles. The number of hydrogen-bond acceptors (Lipinski definition) is 3. The van der Waals surface area contributed by atoms with Crippen LogP contribution in [0.1, 0.15) is 12.5 Å². The van der Waals surface area contributed by atoms with Gasteiger partial charge in [0.15, 0.2) is 6.61 Å². The summed E-state index contributed by atoms with van der Waals surface area (Å²) in [4.78, 5) is 11.4. The summed E-state index contributed by atoms with van der Waals surface area (Å²) in [7, 11) is 0. The highest BCUT2D eigenvalue weighted by Gasteiger charge is 2.04. The fraction of sp³-hybridized carbons (Fsp3) is 0.462. The molecule has 4 heteroatoms. The summed E-state index contributed by atoms with van der Waals surface area (Å²) in [6, 6.07) is 7.60. The highest BCUT2D eigenvalue weighted by Crippen LogP contribution is 2.10. The monoisotopic (exact) mass is 236 g/mol. The zero-order valence-electron chi connectivity index (χ0n) is 10.4. The number of rotatable bonds is 6. The summed E-state index contributed by atoms with van der Waals surface area (Å²) in [6.07, 6.45) is 0. The minimum Gasteiger partial charge on any atom is -0.484 e. The molecule has 94 valence electrons. The fourth-order valence-corrected chi connectivity index (χ4v) is 1.21. The fourth-order valence-electron chi connectivity index (χ4n) is 1.21. The molecule has 0 aliphatic rings. The number of aryl methyl sites for hydroxylation is 1. The van der Waals surface area contributed by atoms with E-state index in [1.807, 2.05) is 38.1 Å². The average molecular weight is 236 g/mol. The molecule has 17 heavy (non-hydrogen) atoms. The van der Waals surface area contributed by atoms with E-state index in [1.165, 1.54) is 5.56 Å². The molecule has 1 aromatic rings.